The first-order chi connectivity index (χ1) is 13.6. The molecule has 1 aromatic rings. The van der Waals surface area contributed by atoms with E-state index in [4.69, 9.17) is 9.47 Å². The zero-order valence-electron chi connectivity index (χ0n) is 17.6. The Balaban J connectivity index is 1.55. The third-order valence-electron chi connectivity index (χ3n) is 6.36. The molecular weight excluding hydrogens is 352 g/mol. The lowest BCUT2D eigenvalue weighted by atomic mass is 9.84. The average Bonchev–Trinajstić information content (AvgIpc) is 3.21. The summed E-state index contributed by atoms with van der Waals surface area (Å²) in [6.07, 6.45) is 7.95. The molecule has 1 aliphatic carbocycles. The summed E-state index contributed by atoms with van der Waals surface area (Å²) in [5, 5.41) is 6.55. The lowest BCUT2D eigenvalue weighted by molar-refractivity contribution is -0.123. The Kier molecular flexibility index (Phi) is 7.60. The maximum absolute atomic E-state index is 12.5. The first-order valence-electron chi connectivity index (χ1n) is 10.9. The Hall–Kier alpha value is -1.75. The molecular formula is C23H36N2O3. The topological polar surface area (TPSA) is 59.6 Å². The van der Waals surface area contributed by atoms with Gasteiger partial charge in [-0.25, -0.2) is 0 Å². The predicted octanol–water partition coefficient (Wildman–Crippen LogP) is 4.22. The van der Waals surface area contributed by atoms with Crippen molar-refractivity contribution in [3.05, 3.63) is 23.8 Å². The zero-order chi connectivity index (χ0) is 19.9. The smallest absolute Gasteiger partial charge is 0.220 e. The first kappa shape index (κ1) is 21.0. The molecule has 2 aliphatic rings. The van der Waals surface area contributed by atoms with Crippen molar-refractivity contribution in [1.29, 1.82) is 0 Å². The van der Waals surface area contributed by atoms with Gasteiger partial charge in [0.25, 0.3) is 0 Å². The lowest BCUT2D eigenvalue weighted by Crippen LogP contribution is -2.34. The van der Waals surface area contributed by atoms with E-state index in [-0.39, 0.29) is 11.9 Å². The number of hydrogen-bond acceptors (Lipinski definition) is 4. The third-order valence-corrected chi connectivity index (χ3v) is 6.36. The summed E-state index contributed by atoms with van der Waals surface area (Å²) in [5.41, 5.74) is 1.04. The minimum Gasteiger partial charge on any atom is -0.493 e. The summed E-state index contributed by atoms with van der Waals surface area (Å²) in [6.45, 7) is 6.38. The van der Waals surface area contributed by atoms with Crippen molar-refractivity contribution < 1.29 is 14.3 Å². The van der Waals surface area contributed by atoms with E-state index >= 15 is 0 Å². The van der Waals surface area contributed by atoms with Gasteiger partial charge in [-0.3, -0.25) is 4.79 Å². The molecule has 1 amide bonds. The number of piperidine rings is 1. The minimum absolute atomic E-state index is 0.0536. The van der Waals surface area contributed by atoms with Crippen molar-refractivity contribution in [3.63, 3.8) is 0 Å². The number of hydrogen-bond donors (Lipinski definition) is 2. The largest absolute Gasteiger partial charge is 0.493 e. The van der Waals surface area contributed by atoms with E-state index in [1.807, 2.05) is 25.1 Å². The Labute approximate surface area is 169 Å². The van der Waals surface area contributed by atoms with E-state index < -0.39 is 0 Å². The highest BCUT2D eigenvalue weighted by Gasteiger charge is 2.23. The van der Waals surface area contributed by atoms with Crippen molar-refractivity contribution in [2.75, 3.05) is 20.2 Å². The number of amides is 1. The second kappa shape index (κ2) is 10.1. The van der Waals surface area contributed by atoms with Crippen LogP contribution < -0.4 is 20.1 Å². The molecule has 2 unspecified atom stereocenters. The summed E-state index contributed by atoms with van der Waals surface area (Å²) in [7, 11) is 1.67. The van der Waals surface area contributed by atoms with Gasteiger partial charge in [0, 0.05) is 6.42 Å². The van der Waals surface area contributed by atoms with E-state index in [1.54, 1.807) is 7.11 Å². The molecule has 1 saturated heterocycles. The van der Waals surface area contributed by atoms with Gasteiger partial charge in [-0.05, 0) is 88.1 Å². The van der Waals surface area contributed by atoms with Crippen LogP contribution in [0, 0.1) is 11.8 Å². The van der Waals surface area contributed by atoms with Gasteiger partial charge in [-0.1, -0.05) is 13.0 Å². The summed E-state index contributed by atoms with van der Waals surface area (Å²) in [6, 6.07) is 5.95. The predicted molar refractivity (Wildman–Crippen MR) is 112 cm³/mol. The number of nitrogens with one attached hydrogen (secondary N) is 2. The molecule has 1 aromatic carbocycles. The highest BCUT2D eigenvalue weighted by Crippen LogP contribution is 2.34. The van der Waals surface area contributed by atoms with Crippen LogP contribution in [0.5, 0.6) is 11.5 Å². The average molecular weight is 389 g/mol. The fourth-order valence-corrected chi connectivity index (χ4v) is 4.49. The van der Waals surface area contributed by atoms with Gasteiger partial charge in [0.05, 0.1) is 19.3 Å². The van der Waals surface area contributed by atoms with Gasteiger partial charge < -0.3 is 20.1 Å². The maximum atomic E-state index is 12.5. The molecule has 0 spiro atoms. The summed E-state index contributed by atoms with van der Waals surface area (Å²) < 4.78 is 11.7. The Morgan fingerprint density at radius 3 is 2.54 bits per heavy atom. The summed E-state index contributed by atoms with van der Waals surface area (Å²) in [4.78, 5) is 12.5. The van der Waals surface area contributed by atoms with Crippen LogP contribution >= 0.6 is 0 Å². The molecule has 0 radical (unpaired) electrons. The molecule has 156 valence electrons. The van der Waals surface area contributed by atoms with Gasteiger partial charge in [-0.15, -0.1) is 0 Å². The quantitative estimate of drug-likeness (QED) is 0.700. The van der Waals surface area contributed by atoms with Crippen molar-refractivity contribution in [2.45, 2.75) is 70.9 Å². The molecule has 1 aliphatic heterocycles. The zero-order valence-corrected chi connectivity index (χ0v) is 17.6. The van der Waals surface area contributed by atoms with E-state index in [9.17, 15) is 4.79 Å². The summed E-state index contributed by atoms with van der Waals surface area (Å²) >= 11 is 0. The molecule has 0 bridgehead atoms. The van der Waals surface area contributed by atoms with Crippen LogP contribution in [0.4, 0.5) is 0 Å². The highest BCUT2D eigenvalue weighted by atomic mass is 16.5. The van der Waals surface area contributed by atoms with Gasteiger partial charge in [0.2, 0.25) is 5.91 Å². The molecule has 2 fully saturated rings. The van der Waals surface area contributed by atoms with Gasteiger partial charge in [0.15, 0.2) is 11.5 Å². The molecule has 1 heterocycles. The molecule has 0 aromatic heterocycles. The van der Waals surface area contributed by atoms with Crippen LogP contribution in [0.3, 0.4) is 0 Å². The molecule has 28 heavy (non-hydrogen) atoms. The highest BCUT2D eigenvalue weighted by molar-refractivity contribution is 5.76. The Morgan fingerprint density at radius 2 is 1.86 bits per heavy atom. The second-order valence-corrected chi connectivity index (χ2v) is 8.49. The molecule has 1 saturated carbocycles. The van der Waals surface area contributed by atoms with E-state index in [0.717, 1.165) is 43.0 Å². The van der Waals surface area contributed by atoms with Crippen LogP contribution in [-0.4, -0.2) is 32.2 Å². The Bertz CT molecular complexity index is 637. The minimum atomic E-state index is -0.0536. The normalized spacial score (nSPS) is 20.5. The van der Waals surface area contributed by atoms with E-state index in [1.165, 1.54) is 25.7 Å². The first-order valence-corrected chi connectivity index (χ1v) is 10.9. The van der Waals surface area contributed by atoms with Crippen molar-refractivity contribution >= 4 is 5.91 Å². The molecule has 2 atom stereocenters. The number of carbonyl (C=O) groups excluding carboxylic acids is 1. The van der Waals surface area contributed by atoms with Crippen molar-refractivity contribution in [3.8, 4) is 11.5 Å². The Morgan fingerprint density at radius 1 is 1.14 bits per heavy atom. The maximum Gasteiger partial charge on any atom is 0.220 e. The lowest BCUT2D eigenvalue weighted by Gasteiger charge is -2.28. The fourth-order valence-electron chi connectivity index (χ4n) is 4.49. The van der Waals surface area contributed by atoms with Gasteiger partial charge in [0.1, 0.15) is 0 Å². The van der Waals surface area contributed by atoms with Crippen molar-refractivity contribution in [2.24, 2.45) is 11.8 Å². The standard InChI is InChI=1S/C23H36N2O3/c1-16(18-10-12-24-13-11-18)14-23(26)25-17(2)19-8-9-21(22(15-19)27-3)28-20-6-4-5-7-20/h8-9,15-18,20,24H,4-7,10-14H2,1-3H3,(H,25,26). The van der Waals surface area contributed by atoms with Crippen LogP contribution in [0.15, 0.2) is 18.2 Å². The molecule has 3 rings (SSSR count). The van der Waals surface area contributed by atoms with Gasteiger partial charge in [-0.2, -0.15) is 0 Å². The number of benzene rings is 1. The van der Waals surface area contributed by atoms with Crippen molar-refractivity contribution in [1.82, 2.24) is 10.6 Å². The SMILES string of the molecule is COc1cc(C(C)NC(=O)CC(C)C2CCNCC2)ccc1OC1CCCC1. The number of ether oxygens (including phenoxy) is 2. The van der Waals surface area contributed by atoms with Gasteiger partial charge >= 0.3 is 0 Å². The van der Waals surface area contributed by atoms with Crippen LogP contribution in [0.25, 0.3) is 0 Å². The number of methoxy groups -OCH3 is 1. The van der Waals surface area contributed by atoms with E-state index in [2.05, 4.69) is 17.6 Å². The second-order valence-electron chi connectivity index (χ2n) is 8.49. The van der Waals surface area contributed by atoms with Crippen LogP contribution in [0.1, 0.15) is 70.4 Å². The van der Waals surface area contributed by atoms with Crippen LogP contribution in [0.2, 0.25) is 0 Å². The number of rotatable bonds is 8. The molecule has 2 N–H and O–H groups in total. The van der Waals surface area contributed by atoms with E-state index in [0.29, 0.717) is 24.4 Å². The molecule has 5 heteroatoms. The third kappa shape index (κ3) is 5.63. The number of carbonyl (C=O) groups is 1. The summed E-state index contributed by atoms with van der Waals surface area (Å²) in [5.74, 6) is 2.74. The molecule has 5 nitrogen and oxygen atoms in total. The monoisotopic (exact) mass is 388 g/mol. The fraction of sp³-hybridized carbons (Fsp3) is 0.696. The van der Waals surface area contributed by atoms with Crippen LogP contribution in [-0.2, 0) is 4.79 Å².